The third-order valence-corrected chi connectivity index (χ3v) is 3.98. The minimum atomic E-state index is -0.564. The van der Waals surface area contributed by atoms with Crippen LogP contribution in [0.4, 0.5) is 10.5 Å². The van der Waals surface area contributed by atoms with E-state index in [0.717, 1.165) is 0 Å². The Morgan fingerprint density at radius 2 is 1.71 bits per heavy atom. The number of carbonyl (C=O) groups is 2. The molecule has 1 aromatic carbocycles. The molecule has 6 nitrogen and oxygen atoms in total. The van der Waals surface area contributed by atoms with E-state index in [2.05, 4.69) is 10.6 Å². The first kappa shape index (κ1) is 18.3. The Labute approximate surface area is 143 Å². The molecular weight excluding hydrogens is 306 g/mol. The first-order valence-corrected chi connectivity index (χ1v) is 8.43. The fourth-order valence-corrected chi connectivity index (χ4v) is 2.90. The van der Waals surface area contributed by atoms with Gasteiger partial charge in [-0.1, -0.05) is 32.0 Å². The smallest absolute Gasteiger partial charge is 0.319 e. The second-order valence-electron chi connectivity index (χ2n) is 6.69. The molecule has 3 unspecified atom stereocenters. The molecule has 1 saturated heterocycles. The second-order valence-corrected chi connectivity index (χ2v) is 6.69. The number of ether oxygens (including phenoxy) is 1. The Morgan fingerprint density at radius 1 is 1.12 bits per heavy atom. The molecular formula is C18H27N3O3. The molecule has 132 valence electrons. The first-order valence-electron chi connectivity index (χ1n) is 8.43. The van der Waals surface area contributed by atoms with Gasteiger partial charge in [-0.3, -0.25) is 4.79 Å². The van der Waals surface area contributed by atoms with E-state index in [1.165, 1.54) is 0 Å². The standard InChI is InChI=1S/C18H27N3O3/c1-12(2)16(17(22)21-10-13(3)24-14(4)11-21)20-18(23)19-15-8-6-5-7-9-15/h5-9,12-14,16H,10-11H2,1-4H3,(H2,19,20,23). The lowest BCUT2D eigenvalue weighted by atomic mass is 10.0. The summed E-state index contributed by atoms with van der Waals surface area (Å²) in [5.74, 6) is -0.0670. The van der Waals surface area contributed by atoms with Gasteiger partial charge in [0.1, 0.15) is 6.04 Å². The highest BCUT2D eigenvalue weighted by Crippen LogP contribution is 2.15. The van der Waals surface area contributed by atoms with Crippen molar-refractivity contribution < 1.29 is 14.3 Å². The largest absolute Gasteiger partial charge is 0.372 e. The summed E-state index contributed by atoms with van der Waals surface area (Å²) in [5, 5.41) is 5.57. The van der Waals surface area contributed by atoms with Crippen LogP contribution in [0.5, 0.6) is 0 Å². The zero-order valence-corrected chi connectivity index (χ0v) is 14.8. The zero-order valence-electron chi connectivity index (χ0n) is 14.8. The number of nitrogens with zero attached hydrogens (tertiary/aromatic N) is 1. The van der Waals surface area contributed by atoms with Gasteiger partial charge < -0.3 is 20.3 Å². The van der Waals surface area contributed by atoms with Crippen molar-refractivity contribution in [2.45, 2.75) is 45.9 Å². The van der Waals surface area contributed by atoms with E-state index in [9.17, 15) is 9.59 Å². The van der Waals surface area contributed by atoms with Crippen LogP contribution in [0.15, 0.2) is 30.3 Å². The summed E-state index contributed by atoms with van der Waals surface area (Å²) in [6.45, 7) is 8.87. The van der Waals surface area contributed by atoms with E-state index >= 15 is 0 Å². The van der Waals surface area contributed by atoms with E-state index in [0.29, 0.717) is 18.8 Å². The summed E-state index contributed by atoms with van der Waals surface area (Å²) >= 11 is 0. The zero-order chi connectivity index (χ0) is 17.7. The molecule has 0 aliphatic carbocycles. The second kappa shape index (κ2) is 8.15. The van der Waals surface area contributed by atoms with E-state index in [1.54, 1.807) is 17.0 Å². The third kappa shape index (κ3) is 4.96. The minimum Gasteiger partial charge on any atom is -0.372 e. The van der Waals surface area contributed by atoms with Crippen molar-refractivity contribution in [2.75, 3.05) is 18.4 Å². The maximum Gasteiger partial charge on any atom is 0.319 e. The van der Waals surface area contributed by atoms with E-state index in [-0.39, 0.29) is 30.1 Å². The summed E-state index contributed by atoms with van der Waals surface area (Å²) in [4.78, 5) is 26.9. The molecule has 0 aromatic heterocycles. The topological polar surface area (TPSA) is 70.7 Å². The van der Waals surface area contributed by atoms with Crippen LogP contribution in [0.3, 0.4) is 0 Å². The summed E-state index contributed by atoms with van der Waals surface area (Å²) in [7, 11) is 0. The fraction of sp³-hybridized carbons (Fsp3) is 0.556. The molecule has 2 rings (SSSR count). The molecule has 0 radical (unpaired) electrons. The molecule has 0 saturated carbocycles. The Kier molecular flexibility index (Phi) is 6.20. The van der Waals surface area contributed by atoms with Crippen molar-refractivity contribution in [1.82, 2.24) is 10.2 Å². The molecule has 1 fully saturated rings. The fourth-order valence-electron chi connectivity index (χ4n) is 2.90. The number of hydrogen-bond donors (Lipinski definition) is 2. The van der Waals surface area contributed by atoms with E-state index in [1.807, 2.05) is 45.9 Å². The monoisotopic (exact) mass is 333 g/mol. The van der Waals surface area contributed by atoms with Crippen molar-refractivity contribution >= 4 is 17.6 Å². The van der Waals surface area contributed by atoms with Crippen molar-refractivity contribution in [2.24, 2.45) is 5.92 Å². The maximum absolute atomic E-state index is 12.8. The summed E-state index contributed by atoms with van der Waals surface area (Å²) in [6.07, 6.45) is 0.00677. The summed E-state index contributed by atoms with van der Waals surface area (Å²) < 4.78 is 5.67. The van der Waals surface area contributed by atoms with Gasteiger partial charge in [-0.15, -0.1) is 0 Å². The van der Waals surface area contributed by atoms with Gasteiger partial charge in [-0.2, -0.15) is 0 Å². The van der Waals surface area contributed by atoms with Crippen molar-refractivity contribution in [3.05, 3.63) is 30.3 Å². The third-order valence-electron chi connectivity index (χ3n) is 3.98. The SMILES string of the molecule is CC1CN(C(=O)C(NC(=O)Nc2ccccc2)C(C)C)CC(C)O1. The molecule has 3 atom stereocenters. The van der Waals surface area contributed by atoms with Gasteiger partial charge in [0, 0.05) is 18.8 Å². The lowest BCUT2D eigenvalue weighted by Gasteiger charge is -2.38. The van der Waals surface area contributed by atoms with Crippen LogP contribution >= 0.6 is 0 Å². The lowest BCUT2D eigenvalue weighted by Crippen LogP contribution is -2.57. The van der Waals surface area contributed by atoms with Crippen LogP contribution in [-0.2, 0) is 9.53 Å². The molecule has 2 N–H and O–H groups in total. The number of morpholine rings is 1. The number of carbonyl (C=O) groups excluding carboxylic acids is 2. The van der Waals surface area contributed by atoms with Crippen molar-refractivity contribution in [3.63, 3.8) is 0 Å². The molecule has 3 amide bonds. The highest BCUT2D eigenvalue weighted by Gasteiger charge is 2.33. The Morgan fingerprint density at radius 3 is 2.25 bits per heavy atom. The number of hydrogen-bond acceptors (Lipinski definition) is 3. The maximum atomic E-state index is 12.8. The quantitative estimate of drug-likeness (QED) is 0.889. The summed E-state index contributed by atoms with van der Waals surface area (Å²) in [6, 6.07) is 8.24. The van der Waals surface area contributed by atoms with Crippen molar-refractivity contribution in [1.29, 1.82) is 0 Å². The number of nitrogens with one attached hydrogen (secondary N) is 2. The average molecular weight is 333 g/mol. The molecule has 1 aliphatic heterocycles. The Hall–Kier alpha value is -2.08. The number of benzene rings is 1. The van der Waals surface area contributed by atoms with Gasteiger partial charge in [0.25, 0.3) is 0 Å². The van der Waals surface area contributed by atoms with Gasteiger partial charge in [0.05, 0.1) is 12.2 Å². The Bertz CT molecular complexity index is 552. The number of amides is 3. The number of para-hydroxylation sites is 1. The predicted octanol–water partition coefficient (Wildman–Crippen LogP) is 2.47. The first-order chi connectivity index (χ1) is 11.4. The van der Waals surface area contributed by atoms with Crippen LogP contribution in [-0.4, -0.2) is 48.2 Å². The molecule has 6 heteroatoms. The predicted molar refractivity (Wildman–Crippen MR) is 93.8 cm³/mol. The van der Waals surface area contributed by atoms with Gasteiger partial charge >= 0.3 is 6.03 Å². The van der Waals surface area contributed by atoms with Crippen LogP contribution in [0.1, 0.15) is 27.7 Å². The van der Waals surface area contributed by atoms with Crippen LogP contribution in [0.25, 0.3) is 0 Å². The molecule has 0 bridgehead atoms. The van der Waals surface area contributed by atoms with E-state index in [4.69, 9.17) is 4.74 Å². The van der Waals surface area contributed by atoms with Gasteiger partial charge in [0.15, 0.2) is 0 Å². The Balaban J connectivity index is 2.00. The number of urea groups is 1. The summed E-state index contributed by atoms with van der Waals surface area (Å²) in [5.41, 5.74) is 0.693. The van der Waals surface area contributed by atoms with E-state index < -0.39 is 6.04 Å². The molecule has 24 heavy (non-hydrogen) atoms. The molecule has 1 aromatic rings. The minimum absolute atomic E-state index is 0.00339. The average Bonchev–Trinajstić information content (AvgIpc) is 2.51. The molecule has 1 heterocycles. The van der Waals surface area contributed by atoms with Crippen molar-refractivity contribution in [3.8, 4) is 0 Å². The van der Waals surface area contributed by atoms with Crippen LogP contribution < -0.4 is 10.6 Å². The molecule has 0 spiro atoms. The van der Waals surface area contributed by atoms with Gasteiger partial charge in [0.2, 0.25) is 5.91 Å². The van der Waals surface area contributed by atoms with Gasteiger partial charge in [-0.25, -0.2) is 4.79 Å². The normalized spacial score (nSPS) is 22.1. The molecule has 1 aliphatic rings. The highest BCUT2D eigenvalue weighted by atomic mass is 16.5. The number of rotatable bonds is 4. The van der Waals surface area contributed by atoms with Gasteiger partial charge in [-0.05, 0) is 31.9 Å². The lowest BCUT2D eigenvalue weighted by molar-refractivity contribution is -0.146. The van der Waals surface area contributed by atoms with Crippen LogP contribution in [0, 0.1) is 5.92 Å². The highest BCUT2D eigenvalue weighted by molar-refractivity contribution is 5.93. The van der Waals surface area contributed by atoms with Crippen LogP contribution in [0.2, 0.25) is 0 Å². The number of anilines is 1.